The largest absolute Gasteiger partial charge is 0.323 e. The van der Waals surface area contributed by atoms with Crippen molar-refractivity contribution in [1.29, 1.82) is 0 Å². The molecule has 0 aliphatic heterocycles. The van der Waals surface area contributed by atoms with E-state index in [1.807, 2.05) is 51.5 Å². The lowest BCUT2D eigenvalue weighted by atomic mass is 10.1. The third-order valence-corrected chi connectivity index (χ3v) is 3.12. The Labute approximate surface area is 107 Å². The first-order valence-electron chi connectivity index (χ1n) is 6.16. The highest BCUT2D eigenvalue weighted by molar-refractivity contribution is 6.04. The van der Waals surface area contributed by atoms with Crippen molar-refractivity contribution in [3.05, 3.63) is 42.1 Å². The normalized spacial score (nSPS) is 21.4. The maximum atomic E-state index is 11.3. The average Bonchev–Trinajstić information content (AvgIpc) is 2.97. The zero-order chi connectivity index (χ0) is 13.1. The number of hydrogen-bond acceptors (Lipinski definition) is 3. The summed E-state index contributed by atoms with van der Waals surface area (Å²) in [6.45, 7) is 1.97. The van der Waals surface area contributed by atoms with Crippen LogP contribution in [0.2, 0.25) is 0 Å². The van der Waals surface area contributed by atoms with Crippen LogP contribution < -0.4 is 5.32 Å². The Hall–Kier alpha value is -1.74. The highest BCUT2D eigenvalue weighted by Crippen LogP contribution is 2.42. The Balaban J connectivity index is 0.000000367. The first-order chi connectivity index (χ1) is 8.69. The molecule has 1 N–H and O–H groups in total. The molecular formula is C15H18N2O. The Kier molecular flexibility index (Phi) is 3.72. The van der Waals surface area contributed by atoms with Crippen LogP contribution in [0.4, 0.5) is 0 Å². The average molecular weight is 242 g/mol. The third-order valence-electron chi connectivity index (χ3n) is 3.12. The van der Waals surface area contributed by atoms with Gasteiger partial charge in [-0.05, 0) is 31.8 Å². The number of nitrogens with zero attached hydrogens (tertiary/aromatic N) is 1. The number of fused-ring (bicyclic) bond motifs is 1. The van der Waals surface area contributed by atoms with Crippen LogP contribution in [0, 0.1) is 5.92 Å². The predicted molar refractivity (Wildman–Crippen MR) is 73.6 cm³/mol. The summed E-state index contributed by atoms with van der Waals surface area (Å²) in [6.07, 6.45) is 1.83. The topological polar surface area (TPSA) is 42.0 Å². The SMILES string of the molecule is CC1C(=O)C1c1cnc2ccccc2c1.CNC. The Morgan fingerprint density at radius 2 is 1.83 bits per heavy atom. The van der Waals surface area contributed by atoms with Gasteiger partial charge in [-0.1, -0.05) is 25.1 Å². The van der Waals surface area contributed by atoms with Crippen LogP contribution in [0.3, 0.4) is 0 Å². The van der Waals surface area contributed by atoms with Crippen molar-refractivity contribution in [2.75, 3.05) is 14.1 Å². The monoisotopic (exact) mass is 242 g/mol. The van der Waals surface area contributed by atoms with Gasteiger partial charge in [0.05, 0.1) is 11.4 Å². The zero-order valence-electron chi connectivity index (χ0n) is 11.0. The van der Waals surface area contributed by atoms with Gasteiger partial charge in [0.2, 0.25) is 0 Å². The number of benzene rings is 1. The molecular weight excluding hydrogens is 224 g/mol. The van der Waals surface area contributed by atoms with Gasteiger partial charge in [0.25, 0.3) is 0 Å². The van der Waals surface area contributed by atoms with Gasteiger partial charge in [-0.2, -0.15) is 0 Å². The Morgan fingerprint density at radius 1 is 1.22 bits per heavy atom. The second-order valence-corrected chi connectivity index (χ2v) is 4.63. The molecule has 94 valence electrons. The van der Waals surface area contributed by atoms with Gasteiger partial charge in [-0.3, -0.25) is 9.78 Å². The zero-order valence-corrected chi connectivity index (χ0v) is 11.0. The maximum absolute atomic E-state index is 11.3. The van der Waals surface area contributed by atoms with Crippen molar-refractivity contribution >= 4 is 16.7 Å². The molecule has 0 amide bonds. The molecule has 3 nitrogen and oxygen atoms in total. The molecule has 0 radical (unpaired) electrons. The predicted octanol–water partition coefficient (Wildman–Crippen LogP) is 2.37. The number of carbonyl (C=O) groups excluding carboxylic acids is 1. The molecule has 0 saturated heterocycles. The standard InChI is InChI=1S/C13H11NO.C2H7N/c1-8-12(13(8)15)10-6-9-4-2-3-5-11(9)14-7-10;1-3-2/h2-8,12H,1H3;3H,1-2H3. The molecule has 2 atom stereocenters. The summed E-state index contributed by atoms with van der Waals surface area (Å²) < 4.78 is 0. The summed E-state index contributed by atoms with van der Waals surface area (Å²) >= 11 is 0. The third kappa shape index (κ3) is 2.41. The van der Waals surface area contributed by atoms with Crippen LogP contribution in [0.15, 0.2) is 36.5 Å². The first kappa shape index (κ1) is 12.7. The van der Waals surface area contributed by atoms with Gasteiger partial charge < -0.3 is 5.32 Å². The lowest BCUT2D eigenvalue weighted by Crippen LogP contribution is -1.89. The number of ketones is 1. The summed E-state index contributed by atoms with van der Waals surface area (Å²) in [5.74, 6) is 0.627. The van der Waals surface area contributed by atoms with E-state index < -0.39 is 0 Å². The van der Waals surface area contributed by atoms with E-state index in [-0.39, 0.29) is 11.8 Å². The second kappa shape index (κ2) is 5.27. The van der Waals surface area contributed by atoms with Crippen LogP contribution in [-0.2, 0) is 4.79 Å². The molecule has 1 aromatic heterocycles. The molecule has 1 saturated carbocycles. The number of Topliss-reactive ketones (excluding diaryl/α,β-unsaturated/α-hetero) is 1. The summed E-state index contributed by atoms with van der Waals surface area (Å²) in [4.78, 5) is 15.7. The fourth-order valence-electron chi connectivity index (χ4n) is 2.07. The number of aromatic nitrogens is 1. The molecule has 1 fully saturated rings. The van der Waals surface area contributed by atoms with Gasteiger partial charge in [-0.15, -0.1) is 0 Å². The second-order valence-electron chi connectivity index (χ2n) is 4.63. The highest BCUT2D eigenvalue weighted by Gasteiger charge is 2.46. The van der Waals surface area contributed by atoms with Crippen molar-refractivity contribution in [1.82, 2.24) is 10.3 Å². The van der Waals surface area contributed by atoms with Crippen LogP contribution >= 0.6 is 0 Å². The Bertz CT molecular complexity index is 565. The van der Waals surface area contributed by atoms with E-state index >= 15 is 0 Å². The van der Waals surface area contributed by atoms with E-state index in [0.717, 1.165) is 16.5 Å². The van der Waals surface area contributed by atoms with Crippen molar-refractivity contribution < 1.29 is 4.79 Å². The van der Waals surface area contributed by atoms with Gasteiger partial charge in [-0.25, -0.2) is 0 Å². The molecule has 1 heterocycles. The van der Waals surface area contributed by atoms with E-state index in [2.05, 4.69) is 16.4 Å². The number of carbonyl (C=O) groups is 1. The molecule has 1 aliphatic carbocycles. The summed E-state index contributed by atoms with van der Waals surface area (Å²) in [5.41, 5.74) is 2.05. The van der Waals surface area contributed by atoms with E-state index in [4.69, 9.17) is 0 Å². The van der Waals surface area contributed by atoms with Crippen molar-refractivity contribution in [3.8, 4) is 0 Å². The van der Waals surface area contributed by atoms with Gasteiger partial charge in [0.15, 0.2) is 0 Å². The van der Waals surface area contributed by atoms with Gasteiger partial charge >= 0.3 is 0 Å². The maximum Gasteiger partial charge on any atom is 0.144 e. The summed E-state index contributed by atoms with van der Waals surface area (Å²) in [5, 5.41) is 3.86. The molecule has 1 aromatic carbocycles. The van der Waals surface area contributed by atoms with E-state index in [9.17, 15) is 4.79 Å². The van der Waals surface area contributed by atoms with Crippen LogP contribution in [-0.4, -0.2) is 24.9 Å². The number of pyridine rings is 1. The molecule has 0 spiro atoms. The molecule has 0 bridgehead atoms. The van der Waals surface area contributed by atoms with E-state index in [0.29, 0.717) is 5.78 Å². The minimum atomic E-state index is 0.0992. The fraction of sp³-hybridized carbons (Fsp3) is 0.333. The molecule has 2 unspecified atom stereocenters. The lowest BCUT2D eigenvalue weighted by Gasteiger charge is -1.99. The smallest absolute Gasteiger partial charge is 0.144 e. The van der Waals surface area contributed by atoms with Crippen LogP contribution in [0.1, 0.15) is 18.4 Å². The van der Waals surface area contributed by atoms with E-state index in [1.165, 1.54) is 0 Å². The Morgan fingerprint density at radius 3 is 2.44 bits per heavy atom. The van der Waals surface area contributed by atoms with Gasteiger partial charge in [0, 0.05) is 17.5 Å². The minimum Gasteiger partial charge on any atom is -0.323 e. The highest BCUT2D eigenvalue weighted by atomic mass is 16.1. The number of rotatable bonds is 1. The molecule has 18 heavy (non-hydrogen) atoms. The van der Waals surface area contributed by atoms with Crippen molar-refractivity contribution in [2.24, 2.45) is 5.92 Å². The lowest BCUT2D eigenvalue weighted by molar-refractivity contribution is -0.111. The van der Waals surface area contributed by atoms with E-state index in [1.54, 1.807) is 0 Å². The number of para-hydroxylation sites is 1. The summed E-state index contributed by atoms with van der Waals surface area (Å²) in [7, 11) is 3.75. The quantitative estimate of drug-likeness (QED) is 0.834. The van der Waals surface area contributed by atoms with Crippen molar-refractivity contribution in [3.63, 3.8) is 0 Å². The molecule has 1 aliphatic rings. The molecule has 2 aromatic rings. The summed E-state index contributed by atoms with van der Waals surface area (Å²) in [6, 6.07) is 10.1. The van der Waals surface area contributed by atoms with Crippen LogP contribution in [0.5, 0.6) is 0 Å². The van der Waals surface area contributed by atoms with Crippen molar-refractivity contribution in [2.45, 2.75) is 12.8 Å². The number of nitrogens with one attached hydrogen (secondary N) is 1. The minimum absolute atomic E-state index is 0.0992. The number of hydrogen-bond donors (Lipinski definition) is 1. The first-order valence-corrected chi connectivity index (χ1v) is 6.16. The van der Waals surface area contributed by atoms with Gasteiger partial charge in [0.1, 0.15) is 5.78 Å². The fourth-order valence-corrected chi connectivity index (χ4v) is 2.07. The van der Waals surface area contributed by atoms with Crippen LogP contribution in [0.25, 0.3) is 10.9 Å². The molecule has 3 rings (SSSR count). The molecule has 3 heteroatoms.